The number of rotatable bonds is 10. The van der Waals surface area contributed by atoms with Crippen molar-refractivity contribution in [2.24, 2.45) is 35.0 Å². The first-order chi connectivity index (χ1) is 16.0. The summed E-state index contributed by atoms with van der Waals surface area (Å²) in [7, 11) is 0. The van der Waals surface area contributed by atoms with Crippen molar-refractivity contribution in [3.05, 3.63) is 11.6 Å². The monoisotopic (exact) mass is 460 g/mol. The third-order valence-electron chi connectivity index (χ3n) is 10.1. The van der Waals surface area contributed by atoms with Crippen molar-refractivity contribution >= 4 is 5.97 Å². The molecular formula is C30H49FO2. The number of esters is 1. The van der Waals surface area contributed by atoms with Gasteiger partial charge in [0, 0.05) is 17.8 Å². The lowest BCUT2D eigenvalue weighted by Crippen LogP contribution is -2.55. The van der Waals surface area contributed by atoms with E-state index in [2.05, 4.69) is 26.8 Å². The topological polar surface area (TPSA) is 26.3 Å². The van der Waals surface area contributed by atoms with Crippen LogP contribution in [0, 0.1) is 35.0 Å². The van der Waals surface area contributed by atoms with Crippen molar-refractivity contribution in [2.75, 3.05) is 0 Å². The molecule has 0 unspecified atom stereocenters. The molecule has 4 rings (SSSR count). The van der Waals surface area contributed by atoms with Crippen LogP contribution < -0.4 is 0 Å². The Hall–Kier alpha value is -0.860. The van der Waals surface area contributed by atoms with Gasteiger partial charge in [-0.2, -0.15) is 0 Å². The van der Waals surface area contributed by atoms with Gasteiger partial charge in [0.2, 0.25) is 0 Å². The highest BCUT2D eigenvalue weighted by Gasteiger charge is 2.62. The van der Waals surface area contributed by atoms with Crippen molar-refractivity contribution in [3.63, 3.8) is 0 Å². The molecule has 0 N–H and O–H groups in total. The molecular weight excluding hydrogens is 411 g/mol. The molecule has 3 heteroatoms. The Balaban J connectivity index is 1.30. The third-order valence-corrected chi connectivity index (χ3v) is 10.1. The van der Waals surface area contributed by atoms with Crippen LogP contribution in [0.4, 0.5) is 4.39 Å². The van der Waals surface area contributed by atoms with E-state index in [9.17, 15) is 4.79 Å². The maximum absolute atomic E-state index is 15.9. The summed E-state index contributed by atoms with van der Waals surface area (Å²) in [5.74, 6) is 2.14. The molecule has 3 saturated carbocycles. The van der Waals surface area contributed by atoms with Gasteiger partial charge in [-0.1, -0.05) is 77.4 Å². The van der Waals surface area contributed by atoms with Crippen molar-refractivity contribution in [1.29, 1.82) is 0 Å². The first-order valence-corrected chi connectivity index (χ1v) is 14.5. The van der Waals surface area contributed by atoms with E-state index in [0.717, 1.165) is 32.1 Å². The van der Waals surface area contributed by atoms with Crippen molar-refractivity contribution in [3.8, 4) is 0 Å². The van der Waals surface area contributed by atoms with Crippen LogP contribution in [0.3, 0.4) is 0 Å². The molecule has 0 aliphatic heterocycles. The smallest absolute Gasteiger partial charge is 0.306 e. The van der Waals surface area contributed by atoms with E-state index in [1.54, 1.807) is 5.57 Å². The maximum Gasteiger partial charge on any atom is 0.306 e. The average molecular weight is 461 g/mol. The molecule has 4 aliphatic rings. The van der Waals surface area contributed by atoms with Gasteiger partial charge in [-0.25, -0.2) is 4.39 Å². The van der Waals surface area contributed by atoms with E-state index in [-0.39, 0.29) is 23.4 Å². The summed E-state index contributed by atoms with van der Waals surface area (Å²) in [6, 6.07) is 0. The zero-order valence-corrected chi connectivity index (χ0v) is 21.6. The van der Waals surface area contributed by atoms with E-state index in [0.29, 0.717) is 36.5 Å². The molecule has 8 atom stereocenters. The van der Waals surface area contributed by atoms with Gasteiger partial charge < -0.3 is 4.74 Å². The first-order valence-electron chi connectivity index (χ1n) is 14.5. The molecule has 4 aliphatic carbocycles. The van der Waals surface area contributed by atoms with E-state index in [4.69, 9.17) is 4.74 Å². The normalized spacial score (nSPS) is 39.9. The minimum atomic E-state index is -0.752. The van der Waals surface area contributed by atoms with Crippen LogP contribution in [0.15, 0.2) is 11.6 Å². The summed E-state index contributed by atoms with van der Waals surface area (Å²) >= 11 is 0. The number of carbonyl (C=O) groups is 1. The largest absolute Gasteiger partial charge is 0.462 e. The predicted molar refractivity (Wildman–Crippen MR) is 134 cm³/mol. The number of alkyl halides is 1. The summed E-state index contributed by atoms with van der Waals surface area (Å²) in [5.41, 5.74) is 1.38. The highest BCUT2D eigenvalue weighted by atomic mass is 19.1. The number of halogens is 1. The molecule has 0 saturated heterocycles. The first kappa shape index (κ1) is 25.2. The van der Waals surface area contributed by atoms with Crippen LogP contribution >= 0.6 is 0 Å². The maximum atomic E-state index is 15.9. The molecule has 0 spiro atoms. The van der Waals surface area contributed by atoms with Gasteiger partial charge in [-0.15, -0.1) is 0 Å². The van der Waals surface area contributed by atoms with Gasteiger partial charge in [0.1, 0.15) is 12.3 Å². The molecule has 0 amide bonds. The molecule has 0 aromatic rings. The third kappa shape index (κ3) is 5.37. The number of hydrogen-bond donors (Lipinski definition) is 0. The van der Waals surface area contributed by atoms with E-state index < -0.39 is 6.17 Å². The Morgan fingerprint density at radius 3 is 2.55 bits per heavy atom. The lowest BCUT2D eigenvalue weighted by Gasteiger charge is -2.57. The molecule has 188 valence electrons. The Labute approximate surface area is 202 Å². The van der Waals surface area contributed by atoms with Gasteiger partial charge in [0.05, 0.1) is 0 Å². The fraction of sp³-hybridized carbons (Fsp3) is 0.900. The van der Waals surface area contributed by atoms with Crippen LogP contribution in [0.5, 0.6) is 0 Å². The second kappa shape index (κ2) is 11.3. The van der Waals surface area contributed by atoms with Crippen LogP contribution in [-0.2, 0) is 9.53 Å². The predicted octanol–water partition coefficient (Wildman–Crippen LogP) is 8.59. The fourth-order valence-corrected chi connectivity index (χ4v) is 8.46. The van der Waals surface area contributed by atoms with E-state index in [1.165, 1.54) is 57.8 Å². The fourth-order valence-electron chi connectivity index (χ4n) is 8.46. The summed E-state index contributed by atoms with van der Waals surface area (Å²) in [6.07, 6.45) is 19.4. The van der Waals surface area contributed by atoms with E-state index >= 15 is 4.39 Å². The van der Waals surface area contributed by atoms with Crippen molar-refractivity contribution in [1.82, 2.24) is 0 Å². The summed E-state index contributed by atoms with van der Waals surface area (Å²) in [4.78, 5) is 12.7. The summed E-state index contributed by atoms with van der Waals surface area (Å²) < 4.78 is 22.0. The highest BCUT2D eigenvalue weighted by molar-refractivity contribution is 5.69. The van der Waals surface area contributed by atoms with Gasteiger partial charge in [0.25, 0.3) is 0 Å². The number of unbranched alkanes of at least 4 members (excludes halogenated alkanes) is 7. The number of carbonyl (C=O) groups excluding carboxylic acids is 1. The molecule has 33 heavy (non-hydrogen) atoms. The number of fused-ring (bicyclic) bond motifs is 5. The standard InChI is InChI=1S/C30H49FO2/c1-4-5-6-7-8-9-10-11-16-27(32)33-26-18-17-24-28-21(2)19-22-14-12-13-15-23(22)29(28)25(31)20-30(24,26)3/h14,21,23-26,28-29H,4-13,15-20H2,1-3H3/t21-,23+,24+,25+,26+,28+,29+,30+/m1/s1. The van der Waals surface area contributed by atoms with Gasteiger partial charge in [0.15, 0.2) is 0 Å². The van der Waals surface area contributed by atoms with Crippen LogP contribution in [0.25, 0.3) is 0 Å². The van der Waals surface area contributed by atoms with Gasteiger partial charge in [-0.05, 0) is 75.0 Å². The summed E-state index contributed by atoms with van der Waals surface area (Å²) in [5, 5.41) is 0. The summed E-state index contributed by atoms with van der Waals surface area (Å²) in [6.45, 7) is 6.86. The SMILES string of the molecule is CCCCCCCCCCC(=O)O[C@H]1CC[C@H]2[C@H]3[C@H]([C@@H](F)C[C@]12C)[C@H]1CCCC=C1C[C@H]3C. The molecule has 0 heterocycles. The molecule has 3 fully saturated rings. The molecule has 0 aromatic carbocycles. The zero-order chi connectivity index (χ0) is 23.4. The number of hydrogen-bond acceptors (Lipinski definition) is 2. The molecule has 0 aromatic heterocycles. The minimum Gasteiger partial charge on any atom is -0.462 e. The Kier molecular flexibility index (Phi) is 8.61. The lowest BCUT2D eigenvalue weighted by molar-refractivity contribution is -0.164. The van der Waals surface area contributed by atoms with Gasteiger partial charge >= 0.3 is 5.97 Å². The zero-order valence-electron chi connectivity index (χ0n) is 21.6. The Bertz CT molecular complexity index is 687. The quantitative estimate of drug-likeness (QED) is 0.185. The van der Waals surface area contributed by atoms with Gasteiger partial charge in [-0.3, -0.25) is 4.79 Å². The van der Waals surface area contributed by atoms with Crippen LogP contribution in [-0.4, -0.2) is 18.2 Å². The van der Waals surface area contributed by atoms with Crippen molar-refractivity contribution in [2.45, 2.75) is 136 Å². The lowest BCUT2D eigenvalue weighted by atomic mass is 9.49. The van der Waals surface area contributed by atoms with Crippen LogP contribution in [0.2, 0.25) is 0 Å². The Morgan fingerprint density at radius 1 is 1.06 bits per heavy atom. The molecule has 0 bridgehead atoms. The Morgan fingerprint density at radius 2 is 1.79 bits per heavy atom. The van der Waals surface area contributed by atoms with E-state index in [1.807, 2.05) is 0 Å². The highest BCUT2D eigenvalue weighted by Crippen LogP contribution is 2.64. The minimum absolute atomic E-state index is 0.0421. The van der Waals surface area contributed by atoms with Crippen LogP contribution in [0.1, 0.15) is 124 Å². The number of ether oxygens (including phenoxy) is 1. The second-order valence-electron chi connectivity index (χ2n) is 12.3. The average Bonchev–Trinajstić information content (AvgIpc) is 3.10. The van der Waals surface area contributed by atoms with Crippen molar-refractivity contribution < 1.29 is 13.9 Å². The number of allylic oxidation sites excluding steroid dienone is 2. The molecule has 2 nitrogen and oxygen atoms in total. The second-order valence-corrected chi connectivity index (χ2v) is 12.3. The molecule has 0 radical (unpaired) electrons.